The van der Waals surface area contributed by atoms with Gasteiger partial charge >= 0.3 is 6.09 Å². The standard InChI is InChI=1S/C28H36FN5O3/c1-8-34(17(2)3)26(35)23-11-18(29)9-10-21(23)22-12-20(13-25-24(22)14-30-32(25)7)33-15-19(16-33)31-27(36)37-28(4,5)6/h9-14,17,19H,8,15-16H2,1-7H3,(H,31,36). The number of ether oxygens (including phenoxy) is 1. The number of hydrogen-bond acceptors (Lipinski definition) is 5. The van der Waals surface area contributed by atoms with Crippen molar-refractivity contribution in [3.63, 3.8) is 0 Å². The van der Waals surface area contributed by atoms with Gasteiger partial charge < -0.3 is 19.9 Å². The smallest absolute Gasteiger partial charge is 0.407 e. The highest BCUT2D eigenvalue weighted by Gasteiger charge is 2.31. The summed E-state index contributed by atoms with van der Waals surface area (Å²) in [6, 6.07) is 8.39. The number of benzene rings is 2. The summed E-state index contributed by atoms with van der Waals surface area (Å²) >= 11 is 0. The summed E-state index contributed by atoms with van der Waals surface area (Å²) in [6.07, 6.45) is 1.34. The highest BCUT2D eigenvalue weighted by Crippen LogP contribution is 2.37. The Morgan fingerprint density at radius 1 is 1.19 bits per heavy atom. The average Bonchev–Trinajstić information content (AvgIpc) is 3.15. The molecule has 1 fully saturated rings. The number of aromatic nitrogens is 2. The first-order valence-corrected chi connectivity index (χ1v) is 12.7. The second-order valence-corrected chi connectivity index (χ2v) is 10.8. The van der Waals surface area contributed by atoms with E-state index in [0.29, 0.717) is 30.8 Å². The molecule has 2 amide bonds. The van der Waals surface area contributed by atoms with Crippen molar-refractivity contribution in [1.29, 1.82) is 0 Å². The molecule has 0 unspecified atom stereocenters. The number of anilines is 1. The molecule has 3 aromatic rings. The quantitative estimate of drug-likeness (QED) is 0.508. The topological polar surface area (TPSA) is 79.7 Å². The number of carbonyl (C=O) groups excluding carboxylic acids is 2. The van der Waals surface area contributed by atoms with Crippen molar-refractivity contribution >= 4 is 28.6 Å². The summed E-state index contributed by atoms with van der Waals surface area (Å²) in [6.45, 7) is 13.1. The van der Waals surface area contributed by atoms with Gasteiger partial charge in [0.2, 0.25) is 0 Å². The summed E-state index contributed by atoms with van der Waals surface area (Å²) in [7, 11) is 1.87. The van der Waals surface area contributed by atoms with Crippen molar-refractivity contribution < 1.29 is 18.7 Å². The van der Waals surface area contributed by atoms with Gasteiger partial charge in [-0.3, -0.25) is 9.48 Å². The minimum atomic E-state index is -0.555. The first-order chi connectivity index (χ1) is 17.4. The van der Waals surface area contributed by atoms with E-state index < -0.39 is 17.5 Å². The van der Waals surface area contributed by atoms with Crippen LogP contribution in [0.25, 0.3) is 22.0 Å². The van der Waals surface area contributed by atoms with Crippen molar-refractivity contribution in [3.05, 3.63) is 47.9 Å². The fraction of sp³-hybridized carbons (Fsp3) is 0.464. The monoisotopic (exact) mass is 509 g/mol. The number of amides is 2. The maximum Gasteiger partial charge on any atom is 0.407 e. The van der Waals surface area contributed by atoms with Gasteiger partial charge in [-0.15, -0.1) is 0 Å². The highest BCUT2D eigenvalue weighted by atomic mass is 19.1. The Bertz CT molecular complexity index is 1320. The normalized spacial score (nSPS) is 14.1. The fourth-order valence-electron chi connectivity index (χ4n) is 4.72. The zero-order valence-corrected chi connectivity index (χ0v) is 22.6. The van der Waals surface area contributed by atoms with E-state index >= 15 is 0 Å². The molecule has 1 aliphatic rings. The van der Waals surface area contributed by atoms with Gasteiger partial charge in [0.05, 0.1) is 23.3 Å². The van der Waals surface area contributed by atoms with Crippen LogP contribution in [0, 0.1) is 5.82 Å². The minimum absolute atomic E-state index is 0.0196. The van der Waals surface area contributed by atoms with Crippen LogP contribution in [0.5, 0.6) is 0 Å². The molecule has 4 rings (SSSR count). The van der Waals surface area contributed by atoms with E-state index in [1.165, 1.54) is 12.1 Å². The molecule has 1 aliphatic heterocycles. The third-order valence-corrected chi connectivity index (χ3v) is 6.55. The molecule has 1 saturated heterocycles. The average molecular weight is 510 g/mol. The van der Waals surface area contributed by atoms with Gasteiger partial charge in [0.25, 0.3) is 5.91 Å². The molecular weight excluding hydrogens is 473 g/mol. The van der Waals surface area contributed by atoms with Gasteiger partial charge in [-0.05, 0) is 76.9 Å². The van der Waals surface area contributed by atoms with Crippen LogP contribution in [-0.2, 0) is 11.8 Å². The number of fused-ring (bicyclic) bond motifs is 1. The van der Waals surface area contributed by atoms with Crippen molar-refractivity contribution in [2.45, 2.75) is 59.2 Å². The van der Waals surface area contributed by atoms with E-state index in [2.05, 4.69) is 15.3 Å². The van der Waals surface area contributed by atoms with Crippen LogP contribution in [0.1, 0.15) is 51.9 Å². The van der Waals surface area contributed by atoms with Crippen molar-refractivity contribution in [3.8, 4) is 11.1 Å². The maximum atomic E-state index is 14.4. The Hall–Kier alpha value is -3.62. The molecule has 9 heteroatoms. The molecule has 37 heavy (non-hydrogen) atoms. The number of nitrogens with zero attached hydrogens (tertiary/aromatic N) is 4. The number of rotatable bonds is 6. The second kappa shape index (κ2) is 10.0. The Balaban J connectivity index is 1.69. The number of aryl methyl sites for hydroxylation is 1. The molecule has 198 valence electrons. The van der Waals surface area contributed by atoms with Crippen LogP contribution in [-0.4, -0.2) is 64.0 Å². The van der Waals surface area contributed by atoms with E-state index in [1.807, 2.05) is 60.7 Å². The SMILES string of the molecule is CCN(C(=O)c1cc(F)ccc1-c1cc(N2CC(NC(=O)OC(C)(C)C)C2)cc2c1cnn2C)C(C)C. The van der Waals surface area contributed by atoms with Gasteiger partial charge in [0.1, 0.15) is 11.4 Å². The number of nitrogens with one attached hydrogen (secondary N) is 1. The Morgan fingerprint density at radius 3 is 2.51 bits per heavy atom. The highest BCUT2D eigenvalue weighted by molar-refractivity contribution is 6.06. The predicted octanol–water partition coefficient (Wildman–Crippen LogP) is 4.96. The van der Waals surface area contributed by atoms with E-state index in [-0.39, 0.29) is 18.0 Å². The van der Waals surface area contributed by atoms with Gasteiger partial charge in [-0.1, -0.05) is 6.07 Å². The lowest BCUT2D eigenvalue weighted by Gasteiger charge is -2.41. The van der Waals surface area contributed by atoms with E-state index in [4.69, 9.17) is 4.74 Å². The van der Waals surface area contributed by atoms with Gasteiger partial charge in [-0.25, -0.2) is 9.18 Å². The molecule has 2 aromatic carbocycles. The zero-order valence-electron chi connectivity index (χ0n) is 22.6. The number of carbonyl (C=O) groups is 2. The first kappa shape index (κ1) is 26.4. The van der Waals surface area contributed by atoms with Crippen LogP contribution >= 0.6 is 0 Å². The third-order valence-electron chi connectivity index (χ3n) is 6.55. The Morgan fingerprint density at radius 2 is 1.89 bits per heavy atom. The molecular formula is C28H36FN5O3. The lowest BCUT2D eigenvalue weighted by molar-refractivity contribution is 0.0495. The molecule has 1 N–H and O–H groups in total. The van der Waals surface area contributed by atoms with Crippen LogP contribution in [0.15, 0.2) is 36.5 Å². The summed E-state index contributed by atoms with van der Waals surface area (Å²) in [5.41, 5.74) is 3.08. The van der Waals surface area contributed by atoms with E-state index in [1.54, 1.807) is 21.8 Å². The summed E-state index contributed by atoms with van der Waals surface area (Å²) in [5, 5.41) is 8.23. The molecule has 0 bridgehead atoms. The maximum absolute atomic E-state index is 14.4. The lowest BCUT2D eigenvalue weighted by Crippen LogP contribution is -2.60. The summed E-state index contributed by atoms with van der Waals surface area (Å²) in [4.78, 5) is 29.5. The number of alkyl carbamates (subject to hydrolysis) is 1. The molecule has 1 aromatic heterocycles. The van der Waals surface area contributed by atoms with Gasteiger partial charge in [-0.2, -0.15) is 5.10 Å². The molecule has 0 spiro atoms. The molecule has 2 heterocycles. The summed E-state index contributed by atoms with van der Waals surface area (Å²) < 4.78 is 21.5. The Labute approximate surface area is 217 Å². The largest absolute Gasteiger partial charge is 0.444 e. The molecule has 8 nitrogen and oxygen atoms in total. The van der Waals surface area contributed by atoms with Crippen molar-refractivity contribution in [2.24, 2.45) is 7.05 Å². The second-order valence-electron chi connectivity index (χ2n) is 10.8. The zero-order chi connectivity index (χ0) is 27.1. The van der Waals surface area contributed by atoms with E-state index in [9.17, 15) is 14.0 Å². The molecule has 0 aliphatic carbocycles. The first-order valence-electron chi connectivity index (χ1n) is 12.7. The lowest BCUT2D eigenvalue weighted by atomic mass is 9.94. The van der Waals surface area contributed by atoms with Crippen LogP contribution < -0.4 is 10.2 Å². The van der Waals surface area contributed by atoms with E-state index in [0.717, 1.165) is 22.2 Å². The van der Waals surface area contributed by atoms with Crippen molar-refractivity contribution in [2.75, 3.05) is 24.5 Å². The third kappa shape index (κ3) is 5.55. The molecule has 0 saturated carbocycles. The fourth-order valence-corrected chi connectivity index (χ4v) is 4.72. The van der Waals surface area contributed by atoms with Crippen LogP contribution in [0.3, 0.4) is 0 Å². The van der Waals surface area contributed by atoms with Gasteiger partial charge in [0.15, 0.2) is 0 Å². The van der Waals surface area contributed by atoms with Crippen molar-refractivity contribution in [1.82, 2.24) is 20.0 Å². The minimum Gasteiger partial charge on any atom is -0.444 e. The van der Waals surface area contributed by atoms with Crippen LogP contribution in [0.2, 0.25) is 0 Å². The number of halogens is 1. The molecule has 0 atom stereocenters. The van der Waals surface area contributed by atoms with Gasteiger partial charge in [0, 0.05) is 43.8 Å². The number of hydrogen-bond donors (Lipinski definition) is 1. The van der Waals surface area contributed by atoms with Crippen LogP contribution in [0.4, 0.5) is 14.9 Å². The Kier molecular flexibility index (Phi) is 7.17. The summed E-state index contributed by atoms with van der Waals surface area (Å²) in [5.74, 6) is -0.663. The predicted molar refractivity (Wildman–Crippen MR) is 143 cm³/mol. The molecule has 0 radical (unpaired) electrons.